The SMILES string of the molecule is CC[N+](C(=O)CN(C)C(=O)O)(c1cccnc1)c1c[nH]nc1Cl. The number of aromatic nitrogens is 3. The Balaban J connectivity index is 2.58. The zero-order chi connectivity index (χ0) is 17.0. The van der Waals surface area contributed by atoms with E-state index < -0.39 is 6.09 Å². The first kappa shape index (κ1) is 16.9. The molecule has 8 nitrogen and oxygen atoms in total. The quantitative estimate of drug-likeness (QED) is 0.814. The second kappa shape index (κ2) is 6.76. The lowest BCUT2D eigenvalue weighted by Crippen LogP contribution is -2.54. The summed E-state index contributed by atoms with van der Waals surface area (Å²) in [4.78, 5) is 29.0. The summed E-state index contributed by atoms with van der Waals surface area (Å²) < 4.78 is -0.277. The van der Waals surface area contributed by atoms with Gasteiger partial charge in [-0.3, -0.25) is 15.0 Å². The fraction of sp³-hybridized carbons (Fsp3) is 0.286. The van der Waals surface area contributed by atoms with Crippen LogP contribution in [0.15, 0.2) is 30.7 Å². The van der Waals surface area contributed by atoms with Crippen molar-refractivity contribution in [3.8, 4) is 0 Å². The van der Waals surface area contributed by atoms with Crippen LogP contribution in [0.5, 0.6) is 0 Å². The standard InChI is InChI=1S/C14H16ClN5O3/c1-3-20(10-5-4-6-16-7-10,11-8-17-18-13(11)15)12(21)9-19(2)14(22)23/h4-8H,3,9H2,1-2H3,(H-,17,18,22,23)/p+1. The van der Waals surface area contributed by atoms with Crippen LogP contribution < -0.4 is 4.48 Å². The van der Waals surface area contributed by atoms with E-state index in [1.807, 2.05) is 6.92 Å². The number of carbonyl (C=O) groups excluding carboxylic acids is 1. The summed E-state index contributed by atoms with van der Waals surface area (Å²) in [7, 11) is 1.34. The number of H-pyrrole nitrogens is 1. The van der Waals surface area contributed by atoms with Crippen LogP contribution in [0.1, 0.15) is 6.92 Å². The number of nitrogens with one attached hydrogen (secondary N) is 1. The highest BCUT2D eigenvalue weighted by molar-refractivity contribution is 6.32. The number of carboxylic acid groups (broad SMARTS) is 1. The van der Waals surface area contributed by atoms with E-state index in [2.05, 4.69) is 15.2 Å². The molecule has 0 aliphatic rings. The third-order valence-corrected chi connectivity index (χ3v) is 3.95. The smallest absolute Gasteiger partial charge is 0.407 e. The molecule has 0 aliphatic carbocycles. The Kier molecular flexibility index (Phi) is 4.97. The Bertz CT molecular complexity index is 705. The molecule has 0 bridgehead atoms. The Morgan fingerprint density at radius 2 is 2.22 bits per heavy atom. The highest BCUT2D eigenvalue weighted by atomic mass is 35.5. The van der Waals surface area contributed by atoms with Crippen LogP contribution in [0.3, 0.4) is 0 Å². The van der Waals surface area contributed by atoms with Crippen molar-refractivity contribution >= 4 is 35.0 Å². The minimum absolute atomic E-state index is 0.155. The Morgan fingerprint density at radius 3 is 2.70 bits per heavy atom. The van der Waals surface area contributed by atoms with E-state index in [1.54, 1.807) is 24.5 Å². The van der Waals surface area contributed by atoms with Crippen LogP contribution in [0.25, 0.3) is 0 Å². The number of likely N-dealkylation sites (N-methyl/N-ethyl adjacent to an activating group) is 2. The molecule has 2 heterocycles. The van der Waals surface area contributed by atoms with Crippen molar-refractivity contribution in [3.63, 3.8) is 0 Å². The zero-order valence-electron chi connectivity index (χ0n) is 12.7. The number of amides is 2. The summed E-state index contributed by atoms with van der Waals surface area (Å²) in [6, 6.07) is 3.46. The Labute approximate surface area is 137 Å². The average molecular weight is 339 g/mol. The number of nitrogens with zero attached hydrogens (tertiary/aromatic N) is 4. The number of hydrogen-bond donors (Lipinski definition) is 2. The average Bonchev–Trinajstić information content (AvgIpc) is 2.96. The van der Waals surface area contributed by atoms with Crippen LogP contribution in [0.4, 0.5) is 16.2 Å². The maximum atomic E-state index is 13.0. The summed E-state index contributed by atoms with van der Waals surface area (Å²) in [5, 5.41) is 15.7. The van der Waals surface area contributed by atoms with E-state index in [9.17, 15) is 9.59 Å². The van der Waals surface area contributed by atoms with Gasteiger partial charge in [0.1, 0.15) is 6.54 Å². The third kappa shape index (κ3) is 3.03. The monoisotopic (exact) mass is 338 g/mol. The summed E-state index contributed by atoms with van der Waals surface area (Å²) in [5.41, 5.74) is 1.04. The van der Waals surface area contributed by atoms with Gasteiger partial charge in [0.15, 0.2) is 5.69 Å². The van der Waals surface area contributed by atoms with Gasteiger partial charge in [-0.15, -0.1) is 0 Å². The van der Waals surface area contributed by atoms with Crippen LogP contribution in [0, 0.1) is 0 Å². The first-order chi connectivity index (χ1) is 10.9. The molecule has 2 aromatic heterocycles. The van der Waals surface area contributed by atoms with Gasteiger partial charge in [0, 0.05) is 19.3 Å². The molecule has 0 aromatic carbocycles. The van der Waals surface area contributed by atoms with Gasteiger partial charge in [0.05, 0.1) is 18.9 Å². The van der Waals surface area contributed by atoms with Crippen molar-refractivity contribution < 1.29 is 14.7 Å². The number of carbonyl (C=O) groups is 2. The van der Waals surface area contributed by atoms with E-state index >= 15 is 0 Å². The molecule has 0 saturated carbocycles. The molecule has 1 atom stereocenters. The fourth-order valence-corrected chi connectivity index (χ4v) is 2.70. The molecule has 122 valence electrons. The molecule has 0 spiro atoms. The van der Waals surface area contributed by atoms with E-state index in [0.29, 0.717) is 17.9 Å². The van der Waals surface area contributed by atoms with Crippen LogP contribution in [-0.2, 0) is 4.79 Å². The number of quaternary nitrogens is 1. The first-order valence-corrected chi connectivity index (χ1v) is 7.27. The summed E-state index contributed by atoms with van der Waals surface area (Å²) in [6.07, 6.45) is 3.51. The van der Waals surface area contributed by atoms with E-state index in [0.717, 1.165) is 4.90 Å². The van der Waals surface area contributed by atoms with Gasteiger partial charge in [-0.1, -0.05) is 11.6 Å². The molecular weight excluding hydrogens is 322 g/mol. The zero-order valence-corrected chi connectivity index (χ0v) is 13.5. The van der Waals surface area contributed by atoms with Gasteiger partial charge in [-0.25, -0.2) is 9.59 Å². The minimum atomic E-state index is -1.18. The highest BCUT2D eigenvalue weighted by Crippen LogP contribution is 2.38. The molecule has 0 fully saturated rings. The second-order valence-electron chi connectivity index (χ2n) is 4.93. The maximum Gasteiger partial charge on any atom is 0.407 e. The van der Waals surface area contributed by atoms with Gasteiger partial charge >= 0.3 is 12.0 Å². The molecule has 2 rings (SSSR count). The molecule has 0 saturated heterocycles. The molecule has 1 unspecified atom stereocenters. The summed E-state index contributed by atoms with van der Waals surface area (Å²) >= 11 is 6.14. The van der Waals surface area contributed by atoms with Gasteiger partial charge in [-0.05, 0) is 13.0 Å². The third-order valence-electron chi connectivity index (χ3n) is 3.67. The summed E-state index contributed by atoms with van der Waals surface area (Å²) in [6.45, 7) is 1.85. The topological polar surface area (TPSA) is 99.2 Å². The van der Waals surface area contributed by atoms with E-state index in [4.69, 9.17) is 16.7 Å². The number of rotatable bonds is 5. The number of pyridine rings is 1. The Hall–Kier alpha value is -2.45. The van der Waals surface area contributed by atoms with Crippen LogP contribution in [-0.4, -0.2) is 57.3 Å². The molecule has 2 aromatic rings. The van der Waals surface area contributed by atoms with Gasteiger partial charge in [0.2, 0.25) is 10.8 Å². The van der Waals surface area contributed by atoms with Gasteiger partial charge in [-0.2, -0.15) is 9.58 Å². The molecular formula is C14H17ClN5O3+. The van der Waals surface area contributed by atoms with E-state index in [-0.39, 0.29) is 22.1 Å². The molecule has 2 N–H and O–H groups in total. The predicted octanol–water partition coefficient (Wildman–Crippen LogP) is 2.25. The van der Waals surface area contributed by atoms with Crippen LogP contribution in [0.2, 0.25) is 5.15 Å². The Morgan fingerprint density at radius 1 is 1.48 bits per heavy atom. The lowest BCUT2D eigenvalue weighted by atomic mass is 10.2. The maximum absolute atomic E-state index is 13.0. The van der Waals surface area contributed by atoms with Gasteiger partial charge in [0.25, 0.3) is 0 Å². The molecule has 0 radical (unpaired) electrons. The van der Waals surface area contributed by atoms with Crippen molar-refractivity contribution in [1.82, 2.24) is 24.6 Å². The highest BCUT2D eigenvalue weighted by Gasteiger charge is 2.44. The van der Waals surface area contributed by atoms with Crippen LogP contribution >= 0.6 is 11.6 Å². The van der Waals surface area contributed by atoms with Gasteiger partial charge < -0.3 is 5.11 Å². The minimum Gasteiger partial charge on any atom is -0.465 e. The first-order valence-electron chi connectivity index (χ1n) is 6.89. The fourth-order valence-electron chi connectivity index (χ4n) is 2.45. The predicted molar refractivity (Wildman–Crippen MR) is 85.5 cm³/mol. The van der Waals surface area contributed by atoms with E-state index in [1.165, 1.54) is 13.2 Å². The molecule has 9 heteroatoms. The second-order valence-corrected chi connectivity index (χ2v) is 5.29. The normalized spacial score (nSPS) is 13.3. The molecule has 0 aliphatic heterocycles. The molecule has 2 amide bonds. The summed E-state index contributed by atoms with van der Waals surface area (Å²) in [5.74, 6) is -0.353. The van der Waals surface area contributed by atoms with Crippen molar-refractivity contribution in [2.24, 2.45) is 0 Å². The van der Waals surface area contributed by atoms with Crippen molar-refractivity contribution in [2.45, 2.75) is 6.92 Å². The number of halogens is 1. The molecule has 23 heavy (non-hydrogen) atoms. The van der Waals surface area contributed by atoms with Crippen molar-refractivity contribution in [2.75, 3.05) is 20.1 Å². The van der Waals surface area contributed by atoms with Crippen molar-refractivity contribution in [3.05, 3.63) is 35.9 Å². The largest absolute Gasteiger partial charge is 0.465 e. The lowest BCUT2D eigenvalue weighted by molar-refractivity contribution is -0.128. The van der Waals surface area contributed by atoms with Crippen molar-refractivity contribution in [1.29, 1.82) is 0 Å². The number of hydrogen-bond acceptors (Lipinski definition) is 4. The lowest BCUT2D eigenvalue weighted by Gasteiger charge is -2.33. The number of aromatic amines is 1.